The maximum atomic E-state index is 14.1. The summed E-state index contributed by atoms with van der Waals surface area (Å²) in [4.78, 5) is 0. The van der Waals surface area contributed by atoms with Crippen LogP contribution in [0.4, 0.5) is 26.3 Å². The first kappa shape index (κ1) is 17.3. The van der Waals surface area contributed by atoms with Crippen molar-refractivity contribution >= 4 is 0 Å². The fraction of sp³-hybridized carbons (Fsp3) is 0.250. The molecule has 0 radical (unpaired) electrons. The average molecular weight is 334 g/mol. The van der Waals surface area contributed by atoms with Crippen molar-refractivity contribution in [1.82, 2.24) is 0 Å². The van der Waals surface area contributed by atoms with E-state index in [-0.39, 0.29) is 0 Å². The summed E-state index contributed by atoms with van der Waals surface area (Å²) in [5, 5.41) is 10.4. The Kier molecular flexibility index (Phi) is 4.19. The highest BCUT2D eigenvalue weighted by Gasteiger charge is 2.71. The van der Waals surface area contributed by atoms with Crippen LogP contribution in [0.15, 0.2) is 48.5 Å². The molecule has 2 aromatic rings. The zero-order valence-corrected chi connectivity index (χ0v) is 11.8. The third-order valence-corrected chi connectivity index (χ3v) is 3.49. The lowest BCUT2D eigenvalue weighted by molar-refractivity contribution is -0.336. The fourth-order valence-corrected chi connectivity index (χ4v) is 2.32. The molecule has 0 aliphatic carbocycles. The molecule has 0 aliphatic rings. The standard InChI is InChI=1S/C16H12F6O/c1-10-4-2-5-11(8-10)14(23,15(18,19)16(20,21)22)12-6-3-7-13(17)9-12/h2-9,23H,1H3. The van der Waals surface area contributed by atoms with Crippen molar-refractivity contribution in [1.29, 1.82) is 0 Å². The maximum Gasteiger partial charge on any atom is 0.457 e. The molecule has 0 heterocycles. The molecule has 1 N–H and O–H groups in total. The van der Waals surface area contributed by atoms with Crippen molar-refractivity contribution in [2.75, 3.05) is 0 Å². The Balaban J connectivity index is 2.80. The first-order valence-corrected chi connectivity index (χ1v) is 6.50. The average Bonchev–Trinajstić information content (AvgIpc) is 2.45. The molecule has 0 saturated heterocycles. The smallest absolute Gasteiger partial charge is 0.374 e. The first-order chi connectivity index (χ1) is 10.5. The molecule has 0 spiro atoms. The minimum atomic E-state index is -6.03. The molecule has 7 heteroatoms. The monoisotopic (exact) mass is 334 g/mol. The SMILES string of the molecule is Cc1cccc(C(O)(c2cccc(F)c2)C(F)(F)C(F)(F)F)c1. The van der Waals surface area contributed by atoms with Crippen LogP contribution in [-0.4, -0.2) is 17.2 Å². The maximum absolute atomic E-state index is 14.1. The Morgan fingerprint density at radius 1 is 0.826 bits per heavy atom. The number of aryl methyl sites for hydroxylation is 1. The molecule has 2 rings (SSSR count). The van der Waals surface area contributed by atoms with Gasteiger partial charge in [-0.2, -0.15) is 22.0 Å². The van der Waals surface area contributed by atoms with Crippen LogP contribution >= 0.6 is 0 Å². The van der Waals surface area contributed by atoms with Crippen molar-refractivity contribution in [2.24, 2.45) is 0 Å². The van der Waals surface area contributed by atoms with Crippen LogP contribution in [0.3, 0.4) is 0 Å². The van der Waals surface area contributed by atoms with Gasteiger partial charge in [0.05, 0.1) is 0 Å². The minimum Gasteiger partial charge on any atom is -0.374 e. The lowest BCUT2D eigenvalue weighted by Gasteiger charge is -2.37. The summed E-state index contributed by atoms with van der Waals surface area (Å²) in [6.07, 6.45) is -6.03. The van der Waals surface area contributed by atoms with Crippen molar-refractivity contribution < 1.29 is 31.4 Å². The van der Waals surface area contributed by atoms with Gasteiger partial charge >= 0.3 is 12.1 Å². The predicted molar refractivity (Wildman–Crippen MR) is 71.6 cm³/mol. The van der Waals surface area contributed by atoms with Gasteiger partial charge in [0.15, 0.2) is 5.60 Å². The van der Waals surface area contributed by atoms with Crippen molar-refractivity contribution in [3.05, 3.63) is 71.0 Å². The summed E-state index contributed by atoms with van der Waals surface area (Å²) in [5.74, 6) is -6.56. The Hall–Kier alpha value is -2.02. The van der Waals surface area contributed by atoms with Crippen LogP contribution < -0.4 is 0 Å². The minimum absolute atomic E-state index is 0.371. The van der Waals surface area contributed by atoms with Crippen LogP contribution in [0.25, 0.3) is 0 Å². The molecule has 2 aromatic carbocycles. The third kappa shape index (κ3) is 2.81. The summed E-state index contributed by atoms with van der Waals surface area (Å²) >= 11 is 0. The zero-order chi connectivity index (χ0) is 17.5. The molecule has 0 fully saturated rings. The van der Waals surface area contributed by atoms with Crippen LogP contribution in [0.1, 0.15) is 16.7 Å². The van der Waals surface area contributed by atoms with Crippen LogP contribution in [-0.2, 0) is 5.60 Å². The molecule has 0 bridgehead atoms. The van der Waals surface area contributed by atoms with E-state index in [1.165, 1.54) is 19.1 Å². The van der Waals surface area contributed by atoms with Crippen LogP contribution in [0.5, 0.6) is 0 Å². The van der Waals surface area contributed by atoms with E-state index in [4.69, 9.17) is 0 Å². The van der Waals surface area contributed by atoms with Gasteiger partial charge < -0.3 is 5.11 Å². The number of halogens is 6. The quantitative estimate of drug-likeness (QED) is 0.816. The Labute approximate surface area is 128 Å². The first-order valence-electron chi connectivity index (χ1n) is 6.50. The number of benzene rings is 2. The molecule has 0 aliphatic heterocycles. The van der Waals surface area contributed by atoms with Gasteiger partial charge in [-0.3, -0.25) is 0 Å². The molecule has 23 heavy (non-hydrogen) atoms. The third-order valence-electron chi connectivity index (χ3n) is 3.49. The van der Waals surface area contributed by atoms with Crippen molar-refractivity contribution in [3.63, 3.8) is 0 Å². The molecular weight excluding hydrogens is 322 g/mol. The highest BCUT2D eigenvalue weighted by atomic mass is 19.4. The van der Waals surface area contributed by atoms with E-state index in [9.17, 15) is 31.4 Å². The van der Waals surface area contributed by atoms with Crippen LogP contribution in [0.2, 0.25) is 0 Å². The van der Waals surface area contributed by atoms with Gasteiger partial charge in [0, 0.05) is 0 Å². The van der Waals surface area contributed by atoms with Gasteiger partial charge in [0.1, 0.15) is 5.82 Å². The van der Waals surface area contributed by atoms with Crippen LogP contribution in [0, 0.1) is 12.7 Å². The van der Waals surface area contributed by atoms with Crippen molar-refractivity contribution in [2.45, 2.75) is 24.6 Å². The fourth-order valence-electron chi connectivity index (χ4n) is 2.32. The van der Waals surface area contributed by atoms with Gasteiger partial charge in [0.25, 0.3) is 0 Å². The number of alkyl halides is 5. The van der Waals surface area contributed by atoms with E-state index in [1.54, 1.807) is 0 Å². The molecule has 1 nitrogen and oxygen atoms in total. The summed E-state index contributed by atoms with van der Waals surface area (Å²) in [5.41, 5.74) is -4.94. The topological polar surface area (TPSA) is 20.2 Å². The molecular formula is C16H12F6O. The molecule has 0 amide bonds. The van der Waals surface area contributed by atoms with E-state index >= 15 is 0 Å². The Bertz CT molecular complexity index is 662. The normalized spacial score (nSPS) is 15.3. The number of hydrogen-bond acceptors (Lipinski definition) is 1. The molecule has 0 aromatic heterocycles. The highest BCUT2D eigenvalue weighted by molar-refractivity contribution is 5.41. The van der Waals surface area contributed by atoms with E-state index < -0.39 is 34.6 Å². The zero-order valence-electron chi connectivity index (χ0n) is 11.8. The summed E-state index contributed by atoms with van der Waals surface area (Å²) in [6.45, 7) is 1.47. The van der Waals surface area contributed by atoms with E-state index in [0.717, 1.165) is 30.3 Å². The van der Waals surface area contributed by atoms with E-state index in [2.05, 4.69) is 0 Å². The number of aliphatic hydroxyl groups is 1. The summed E-state index contributed by atoms with van der Waals surface area (Å²) in [7, 11) is 0. The Morgan fingerprint density at radius 2 is 1.35 bits per heavy atom. The van der Waals surface area contributed by atoms with E-state index in [1.807, 2.05) is 0 Å². The number of hydrogen-bond donors (Lipinski definition) is 1. The lowest BCUT2D eigenvalue weighted by atomic mass is 9.80. The summed E-state index contributed by atoms with van der Waals surface area (Å²) < 4.78 is 80.3. The van der Waals surface area contributed by atoms with Gasteiger partial charge in [0.2, 0.25) is 0 Å². The molecule has 0 saturated carbocycles. The van der Waals surface area contributed by atoms with Crippen molar-refractivity contribution in [3.8, 4) is 0 Å². The predicted octanol–water partition coefficient (Wildman–Crippen LogP) is 4.57. The second-order valence-electron chi connectivity index (χ2n) is 5.16. The van der Waals surface area contributed by atoms with E-state index in [0.29, 0.717) is 11.6 Å². The second kappa shape index (κ2) is 5.56. The molecule has 1 unspecified atom stereocenters. The van der Waals surface area contributed by atoms with Gasteiger partial charge in [-0.25, -0.2) is 4.39 Å². The van der Waals surface area contributed by atoms with Gasteiger partial charge in [-0.1, -0.05) is 42.0 Å². The van der Waals surface area contributed by atoms with Gasteiger partial charge in [-0.05, 0) is 30.2 Å². The lowest BCUT2D eigenvalue weighted by Crippen LogP contribution is -2.55. The Morgan fingerprint density at radius 3 is 1.83 bits per heavy atom. The summed E-state index contributed by atoms with van der Waals surface area (Å²) in [6, 6.07) is 7.78. The highest BCUT2D eigenvalue weighted by Crippen LogP contribution is 2.51. The van der Waals surface area contributed by atoms with Gasteiger partial charge in [-0.15, -0.1) is 0 Å². The molecule has 1 atom stereocenters. The number of rotatable bonds is 3. The second-order valence-corrected chi connectivity index (χ2v) is 5.16. The largest absolute Gasteiger partial charge is 0.457 e. The molecule has 124 valence electrons.